The molecule has 0 saturated heterocycles. The van der Waals surface area contributed by atoms with Crippen LogP contribution in [-0.4, -0.2) is 17.6 Å². The summed E-state index contributed by atoms with van der Waals surface area (Å²) in [6.07, 6.45) is -0.496. The quantitative estimate of drug-likeness (QED) is 0.477. The van der Waals surface area contributed by atoms with Crippen LogP contribution in [0.3, 0.4) is 0 Å². The summed E-state index contributed by atoms with van der Waals surface area (Å²) < 4.78 is 4.76. The van der Waals surface area contributed by atoms with Crippen molar-refractivity contribution >= 4 is 18.7 Å². The maximum absolute atomic E-state index is 10.7. The fourth-order valence-electron chi connectivity index (χ4n) is 0.419. The Bertz CT molecular complexity index is 102. The molecule has 10 heavy (non-hydrogen) atoms. The number of amides is 1. The standard InChI is InChI=1S/C6H13NO2S/c1-4(2)9-6(8)7-5(3)10/h4-5,10H,1-3H3,(H,7,8). The lowest BCUT2D eigenvalue weighted by atomic mass is 10.5. The highest BCUT2D eigenvalue weighted by Crippen LogP contribution is 1.91. The number of hydrogen-bond acceptors (Lipinski definition) is 3. The minimum absolute atomic E-state index is 0.0768. The second-order valence-corrected chi connectivity index (χ2v) is 3.05. The Hall–Kier alpha value is -0.380. The van der Waals surface area contributed by atoms with Gasteiger partial charge in [0.2, 0.25) is 0 Å². The molecular weight excluding hydrogens is 150 g/mol. The zero-order valence-electron chi connectivity index (χ0n) is 6.42. The molecule has 0 rings (SSSR count). The third-order valence-electron chi connectivity index (χ3n) is 0.669. The van der Waals surface area contributed by atoms with E-state index in [4.69, 9.17) is 4.74 Å². The van der Waals surface area contributed by atoms with Crippen LogP contribution < -0.4 is 5.32 Å². The Morgan fingerprint density at radius 1 is 1.50 bits per heavy atom. The van der Waals surface area contributed by atoms with Crippen LogP contribution in [0.25, 0.3) is 0 Å². The van der Waals surface area contributed by atoms with Gasteiger partial charge in [0.25, 0.3) is 0 Å². The average molecular weight is 163 g/mol. The fraction of sp³-hybridized carbons (Fsp3) is 0.833. The molecule has 0 aliphatic carbocycles. The highest BCUT2D eigenvalue weighted by atomic mass is 32.1. The predicted molar refractivity (Wildman–Crippen MR) is 43.2 cm³/mol. The van der Waals surface area contributed by atoms with Crippen LogP contribution >= 0.6 is 12.6 Å². The number of carbonyl (C=O) groups excluding carboxylic acids is 1. The van der Waals surface area contributed by atoms with E-state index in [1.54, 1.807) is 20.8 Å². The molecule has 1 amide bonds. The second kappa shape index (κ2) is 4.44. The zero-order chi connectivity index (χ0) is 8.15. The normalized spacial score (nSPS) is 12.9. The van der Waals surface area contributed by atoms with Gasteiger partial charge in [0.05, 0.1) is 11.5 Å². The first kappa shape index (κ1) is 9.62. The molecule has 4 heteroatoms. The van der Waals surface area contributed by atoms with Gasteiger partial charge < -0.3 is 10.1 Å². The molecule has 60 valence electrons. The first-order valence-electron chi connectivity index (χ1n) is 3.17. The molecule has 1 atom stereocenters. The third kappa shape index (κ3) is 5.75. The van der Waals surface area contributed by atoms with Crippen LogP contribution in [0.15, 0.2) is 0 Å². The van der Waals surface area contributed by atoms with Crippen LogP contribution in [0.2, 0.25) is 0 Å². The van der Waals surface area contributed by atoms with E-state index in [9.17, 15) is 4.79 Å². The molecule has 0 aromatic heterocycles. The summed E-state index contributed by atoms with van der Waals surface area (Å²) in [5, 5.41) is 2.32. The zero-order valence-corrected chi connectivity index (χ0v) is 7.31. The van der Waals surface area contributed by atoms with E-state index < -0.39 is 6.09 Å². The lowest BCUT2D eigenvalue weighted by molar-refractivity contribution is 0.115. The summed E-state index contributed by atoms with van der Waals surface area (Å²) in [6, 6.07) is 0. The first-order valence-corrected chi connectivity index (χ1v) is 3.69. The van der Waals surface area contributed by atoms with E-state index in [-0.39, 0.29) is 11.5 Å². The summed E-state index contributed by atoms with van der Waals surface area (Å²) >= 11 is 3.95. The van der Waals surface area contributed by atoms with E-state index in [0.29, 0.717) is 0 Å². The average Bonchev–Trinajstić information content (AvgIpc) is 1.58. The topological polar surface area (TPSA) is 38.3 Å². The highest BCUT2D eigenvalue weighted by molar-refractivity contribution is 7.80. The first-order chi connectivity index (χ1) is 4.52. The van der Waals surface area contributed by atoms with Gasteiger partial charge in [0, 0.05) is 0 Å². The lowest BCUT2D eigenvalue weighted by Gasteiger charge is -2.10. The monoisotopic (exact) mass is 163 g/mol. The Labute approximate surface area is 66.5 Å². The van der Waals surface area contributed by atoms with Gasteiger partial charge in [-0.2, -0.15) is 12.6 Å². The van der Waals surface area contributed by atoms with Gasteiger partial charge in [0.1, 0.15) is 0 Å². The summed E-state index contributed by atoms with van der Waals surface area (Å²) in [5.41, 5.74) is 0. The molecule has 0 spiro atoms. The van der Waals surface area contributed by atoms with Crippen LogP contribution in [0.4, 0.5) is 4.79 Å². The van der Waals surface area contributed by atoms with Crippen LogP contribution in [-0.2, 0) is 4.74 Å². The molecule has 0 bridgehead atoms. The van der Waals surface area contributed by atoms with Crippen LogP contribution in [0.5, 0.6) is 0 Å². The van der Waals surface area contributed by atoms with E-state index in [1.165, 1.54) is 0 Å². The van der Waals surface area contributed by atoms with Crippen molar-refractivity contribution in [2.45, 2.75) is 32.2 Å². The van der Waals surface area contributed by atoms with Gasteiger partial charge in [0.15, 0.2) is 0 Å². The van der Waals surface area contributed by atoms with E-state index in [0.717, 1.165) is 0 Å². The van der Waals surface area contributed by atoms with E-state index in [1.807, 2.05) is 0 Å². The highest BCUT2D eigenvalue weighted by Gasteiger charge is 2.04. The maximum atomic E-state index is 10.7. The molecule has 0 fully saturated rings. The summed E-state index contributed by atoms with van der Waals surface area (Å²) in [4.78, 5) is 10.7. The lowest BCUT2D eigenvalue weighted by Crippen LogP contribution is -2.31. The summed E-state index contributed by atoms with van der Waals surface area (Å²) in [7, 11) is 0. The molecule has 3 nitrogen and oxygen atoms in total. The van der Waals surface area contributed by atoms with Crippen molar-refractivity contribution in [3.63, 3.8) is 0 Å². The second-order valence-electron chi connectivity index (χ2n) is 2.27. The number of thiol groups is 1. The molecular formula is C6H13NO2S. The smallest absolute Gasteiger partial charge is 0.408 e. The number of carbonyl (C=O) groups is 1. The molecule has 0 aromatic carbocycles. The van der Waals surface area contributed by atoms with E-state index >= 15 is 0 Å². The van der Waals surface area contributed by atoms with Crippen LogP contribution in [0.1, 0.15) is 20.8 Å². The van der Waals surface area contributed by atoms with Gasteiger partial charge >= 0.3 is 6.09 Å². The molecule has 0 radical (unpaired) electrons. The van der Waals surface area contributed by atoms with E-state index in [2.05, 4.69) is 17.9 Å². The van der Waals surface area contributed by atoms with Gasteiger partial charge in [-0.15, -0.1) is 0 Å². The molecule has 0 heterocycles. The SMILES string of the molecule is CC(S)NC(=O)OC(C)C. The minimum Gasteiger partial charge on any atom is -0.447 e. The Morgan fingerprint density at radius 3 is 2.30 bits per heavy atom. The Kier molecular flexibility index (Phi) is 4.27. The molecule has 0 saturated carbocycles. The van der Waals surface area contributed by atoms with Crippen molar-refractivity contribution in [2.75, 3.05) is 0 Å². The third-order valence-corrected chi connectivity index (χ3v) is 0.799. The number of hydrogen-bond donors (Lipinski definition) is 2. The van der Waals surface area contributed by atoms with Crippen molar-refractivity contribution in [3.05, 3.63) is 0 Å². The number of ether oxygens (including phenoxy) is 1. The van der Waals surface area contributed by atoms with Crippen molar-refractivity contribution in [3.8, 4) is 0 Å². The number of alkyl carbamates (subject to hydrolysis) is 1. The Morgan fingerprint density at radius 2 is 2.00 bits per heavy atom. The largest absolute Gasteiger partial charge is 0.447 e. The molecule has 0 aliphatic rings. The maximum Gasteiger partial charge on any atom is 0.408 e. The molecule has 1 N–H and O–H groups in total. The van der Waals surface area contributed by atoms with Crippen molar-refractivity contribution in [1.29, 1.82) is 0 Å². The summed E-state index contributed by atoms with van der Waals surface area (Å²) in [6.45, 7) is 5.34. The number of nitrogens with one attached hydrogen (secondary N) is 1. The minimum atomic E-state index is -0.419. The fourth-order valence-corrected chi connectivity index (χ4v) is 0.524. The van der Waals surface area contributed by atoms with Crippen LogP contribution in [0, 0.1) is 0 Å². The van der Waals surface area contributed by atoms with Crippen molar-refractivity contribution in [1.82, 2.24) is 5.32 Å². The molecule has 0 aromatic rings. The summed E-state index contributed by atoms with van der Waals surface area (Å²) in [5.74, 6) is 0. The van der Waals surface area contributed by atoms with Crippen molar-refractivity contribution < 1.29 is 9.53 Å². The Balaban J connectivity index is 3.44. The van der Waals surface area contributed by atoms with Gasteiger partial charge in [-0.1, -0.05) is 0 Å². The molecule has 1 unspecified atom stereocenters. The van der Waals surface area contributed by atoms with Gasteiger partial charge in [-0.25, -0.2) is 4.79 Å². The predicted octanol–water partition coefficient (Wildman–Crippen LogP) is 1.40. The number of rotatable bonds is 2. The molecule has 0 aliphatic heterocycles. The van der Waals surface area contributed by atoms with Gasteiger partial charge in [-0.3, -0.25) is 0 Å². The van der Waals surface area contributed by atoms with Crippen molar-refractivity contribution in [2.24, 2.45) is 0 Å². The van der Waals surface area contributed by atoms with Gasteiger partial charge in [-0.05, 0) is 20.8 Å².